The van der Waals surface area contributed by atoms with Crippen LogP contribution >= 0.6 is 15.9 Å². The number of aryl methyl sites for hydroxylation is 1. The monoisotopic (exact) mass is 402 g/mol. The zero-order valence-electron chi connectivity index (χ0n) is 13.0. The van der Waals surface area contributed by atoms with Crippen molar-refractivity contribution in [3.63, 3.8) is 0 Å². The van der Waals surface area contributed by atoms with Gasteiger partial charge < -0.3 is 24.4 Å². The van der Waals surface area contributed by atoms with Gasteiger partial charge in [0.15, 0.2) is 11.5 Å². The van der Waals surface area contributed by atoms with Crippen molar-refractivity contribution in [2.24, 2.45) is 5.73 Å². The van der Waals surface area contributed by atoms with Gasteiger partial charge in [-0.25, -0.2) is 4.79 Å². The highest BCUT2D eigenvalue weighted by Gasteiger charge is 2.36. The fraction of sp³-hybridized carbons (Fsp3) is 0.176. The number of hydrogen-bond donors (Lipinski definition) is 1. The Labute approximate surface area is 150 Å². The predicted octanol–water partition coefficient (Wildman–Crippen LogP) is 2.66. The normalized spacial score (nSPS) is 17.7. The van der Waals surface area contributed by atoms with E-state index >= 15 is 0 Å². The maximum atomic E-state index is 12.5. The number of nitrogens with two attached hydrogens (primary N) is 1. The number of hydrogen-bond acceptors (Lipinski definition) is 7. The first kappa shape index (κ1) is 15.6. The summed E-state index contributed by atoms with van der Waals surface area (Å²) in [6.45, 7) is 1.75. The van der Waals surface area contributed by atoms with Gasteiger partial charge in [0.2, 0.25) is 12.7 Å². The first-order chi connectivity index (χ1) is 12.0. The van der Waals surface area contributed by atoms with Crippen LogP contribution < -0.4 is 25.6 Å². The number of fused-ring (bicyclic) bond motifs is 2. The zero-order chi connectivity index (χ0) is 17.7. The van der Waals surface area contributed by atoms with Gasteiger partial charge in [0.25, 0.3) is 0 Å². The molecule has 0 radical (unpaired) electrons. The molecule has 2 aliphatic heterocycles. The van der Waals surface area contributed by atoms with Crippen LogP contribution in [0.2, 0.25) is 0 Å². The van der Waals surface area contributed by atoms with Crippen molar-refractivity contribution in [2.75, 3.05) is 6.79 Å². The molecule has 4 rings (SSSR count). The van der Waals surface area contributed by atoms with E-state index in [0.29, 0.717) is 27.3 Å². The van der Waals surface area contributed by atoms with Gasteiger partial charge in [0, 0.05) is 10.5 Å². The molecule has 0 aliphatic carbocycles. The molecule has 0 saturated heterocycles. The molecule has 2 aromatic rings. The minimum atomic E-state index is -0.741. The first-order valence-electron chi connectivity index (χ1n) is 7.31. The summed E-state index contributed by atoms with van der Waals surface area (Å²) in [5.41, 5.74) is 6.32. The maximum absolute atomic E-state index is 12.5. The fourth-order valence-corrected chi connectivity index (χ4v) is 3.53. The van der Waals surface area contributed by atoms with Crippen LogP contribution in [0.4, 0.5) is 0 Å². The molecular formula is C17H11BrN2O5. The molecule has 0 spiro atoms. The van der Waals surface area contributed by atoms with E-state index in [0.717, 1.165) is 0 Å². The van der Waals surface area contributed by atoms with Crippen molar-refractivity contribution >= 4 is 15.9 Å². The number of benzene rings is 1. The smallest absolute Gasteiger partial charge is 0.343 e. The van der Waals surface area contributed by atoms with E-state index in [1.807, 2.05) is 6.07 Å². The van der Waals surface area contributed by atoms with Crippen molar-refractivity contribution in [1.82, 2.24) is 0 Å². The number of allylic oxidation sites excluding steroid dienone is 1. The average Bonchev–Trinajstić information content (AvgIpc) is 2.99. The number of nitriles is 1. The highest BCUT2D eigenvalue weighted by atomic mass is 79.9. The molecule has 8 heteroatoms. The zero-order valence-corrected chi connectivity index (χ0v) is 14.5. The summed E-state index contributed by atoms with van der Waals surface area (Å²) in [7, 11) is 0. The van der Waals surface area contributed by atoms with Gasteiger partial charge in [-0.1, -0.05) is 15.9 Å². The maximum Gasteiger partial charge on any atom is 0.343 e. The lowest BCUT2D eigenvalue weighted by molar-refractivity contribution is 0.174. The largest absolute Gasteiger partial charge is 0.454 e. The van der Waals surface area contributed by atoms with Gasteiger partial charge in [0.1, 0.15) is 23.2 Å². The van der Waals surface area contributed by atoms with E-state index in [4.69, 9.17) is 24.4 Å². The Morgan fingerprint density at radius 1 is 1.24 bits per heavy atom. The highest BCUT2D eigenvalue weighted by molar-refractivity contribution is 9.10. The number of ether oxygens (including phenoxy) is 3. The fourth-order valence-electron chi connectivity index (χ4n) is 2.98. The summed E-state index contributed by atoms with van der Waals surface area (Å²) < 4.78 is 22.1. The molecule has 3 heterocycles. The Morgan fingerprint density at radius 2 is 1.96 bits per heavy atom. The Hall–Kier alpha value is -2.92. The Balaban J connectivity index is 2.01. The van der Waals surface area contributed by atoms with Crippen LogP contribution in [0.3, 0.4) is 0 Å². The molecule has 0 unspecified atom stereocenters. The molecule has 1 aromatic heterocycles. The molecule has 0 saturated carbocycles. The lowest BCUT2D eigenvalue weighted by Crippen LogP contribution is -2.26. The van der Waals surface area contributed by atoms with Crippen LogP contribution in [-0.4, -0.2) is 6.79 Å². The van der Waals surface area contributed by atoms with Crippen LogP contribution in [0, 0.1) is 18.3 Å². The Morgan fingerprint density at radius 3 is 2.68 bits per heavy atom. The van der Waals surface area contributed by atoms with Gasteiger partial charge in [-0.3, -0.25) is 0 Å². The quantitative estimate of drug-likeness (QED) is 0.780. The topological polar surface area (TPSA) is 108 Å². The lowest BCUT2D eigenvalue weighted by atomic mass is 9.84. The van der Waals surface area contributed by atoms with E-state index in [9.17, 15) is 10.1 Å². The van der Waals surface area contributed by atoms with E-state index in [1.54, 1.807) is 25.1 Å². The molecule has 2 N–H and O–H groups in total. The van der Waals surface area contributed by atoms with Crippen molar-refractivity contribution in [1.29, 1.82) is 5.26 Å². The van der Waals surface area contributed by atoms with Gasteiger partial charge in [-0.05, 0) is 24.6 Å². The molecule has 2 aliphatic rings. The van der Waals surface area contributed by atoms with Crippen molar-refractivity contribution in [3.8, 4) is 23.3 Å². The van der Waals surface area contributed by atoms with Gasteiger partial charge >= 0.3 is 5.63 Å². The van der Waals surface area contributed by atoms with Crippen molar-refractivity contribution < 1.29 is 18.6 Å². The molecular weight excluding hydrogens is 392 g/mol. The third-order valence-electron chi connectivity index (χ3n) is 4.06. The summed E-state index contributed by atoms with van der Waals surface area (Å²) in [5.74, 6) is 0.984. The second-order valence-corrected chi connectivity index (χ2v) is 6.43. The third-order valence-corrected chi connectivity index (χ3v) is 4.75. The van der Waals surface area contributed by atoms with E-state index in [1.165, 1.54) is 0 Å². The molecule has 25 heavy (non-hydrogen) atoms. The average molecular weight is 403 g/mol. The van der Waals surface area contributed by atoms with Crippen LogP contribution in [0.5, 0.6) is 17.2 Å². The first-order valence-corrected chi connectivity index (χ1v) is 8.10. The Kier molecular flexibility index (Phi) is 3.47. The van der Waals surface area contributed by atoms with Crippen LogP contribution in [0.25, 0.3) is 0 Å². The molecule has 1 aromatic carbocycles. The van der Waals surface area contributed by atoms with Crippen LogP contribution in [0.15, 0.2) is 43.3 Å². The van der Waals surface area contributed by atoms with Crippen LogP contribution in [-0.2, 0) is 0 Å². The second kappa shape index (κ2) is 5.57. The summed E-state index contributed by atoms with van der Waals surface area (Å²) in [5, 5.41) is 9.58. The summed E-state index contributed by atoms with van der Waals surface area (Å²) in [6.07, 6.45) is 0. The van der Waals surface area contributed by atoms with Crippen LogP contribution in [0.1, 0.15) is 22.8 Å². The predicted molar refractivity (Wildman–Crippen MR) is 89.3 cm³/mol. The van der Waals surface area contributed by atoms with Crippen molar-refractivity contribution in [2.45, 2.75) is 12.8 Å². The number of nitrogens with zero attached hydrogens (tertiary/aromatic N) is 1. The van der Waals surface area contributed by atoms with Gasteiger partial charge in [-0.2, -0.15) is 5.26 Å². The molecule has 1 atom stereocenters. The molecule has 7 nitrogen and oxygen atoms in total. The van der Waals surface area contributed by atoms with Crippen molar-refractivity contribution in [3.05, 3.63) is 61.4 Å². The van der Waals surface area contributed by atoms with Gasteiger partial charge in [0.05, 0.1) is 11.5 Å². The molecule has 0 bridgehead atoms. The molecule has 0 fully saturated rings. The van der Waals surface area contributed by atoms with Gasteiger partial charge in [-0.15, -0.1) is 0 Å². The molecule has 0 amide bonds. The number of rotatable bonds is 1. The standard InChI is InChI=1S/C17H11BrN2O5/c1-7-2-13-15(17(21)24-7)14(9(5-19)16(20)25-13)8-3-11-12(4-10(8)18)23-6-22-11/h2-4,14H,6,20H2,1H3/t14-/m0/s1. The molecule has 126 valence electrons. The second-order valence-electron chi connectivity index (χ2n) is 5.57. The van der Waals surface area contributed by atoms with E-state index < -0.39 is 11.5 Å². The lowest BCUT2D eigenvalue weighted by Gasteiger charge is -2.26. The minimum Gasteiger partial charge on any atom is -0.454 e. The van der Waals surface area contributed by atoms with E-state index in [-0.39, 0.29) is 29.6 Å². The Bertz CT molecular complexity index is 1030. The van der Waals surface area contributed by atoms with E-state index in [2.05, 4.69) is 15.9 Å². The summed E-state index contributed by atoms with van der Waals surface area (Å²) in [4.78, 5) is 12.5. The summed E-state index contributed by atoms with van der Waals surface area (Å²) >= 11 is 3.47. The number of halogens is 1. The SMILES string of the molecule is Cc1cc2c(c(=O)o1)[C@@H](c1cc3c(cc1Br)OCO3)C(C#N)=C(N)O2. The summed E-state index contributed by atoms with van der Waals surface area (Å²) in [6, 6.07) is 7.06. The third kappa shape index (κ3) is 2.36. The highest BCUT2D eigenvalue weighted by Crippen LogP contribution is 2.46. The minimum absolute atomic E-state index is 0.0467.